The zero-order valence-corrected chi connectivity index (χ0v) is 10.6. The number of nitrogens with one attached hydrogen (secondary N) is 2. The maximum absolute atomic E-state index is 13.4. The van der Waals surface area contributed by atoms with Crippen molar-refractivity contribution in [2.24, 2.45) is 0 Å². The van der Waals surface area contributed by atoms with E-state index in [2.05, 4.69) is 10.6 Å². The number of carbonyl (C=O) groups excluding carboxylic acids is 1. The van der Waals surface area contributed by atoms with Crippen LogP contribution in [0, 0.1) is 5.82 Å². The minimum Gasteiger partial charge on any atom is -0.478 e. The summed E-state index contributed by atoms with van der Waals surface area (Å²) >= 11 is 0. The summed E-state index contributed by atoms with van der Waals surface area (Å²) in [5.41, 5.74) is 0.467. The number of halogens is 1. The summed E-state index contributed by atoms with van der Waals surface area (Å²) in [6.45, 7) is 3.62. The fraction of sp³-hybridized carbons (Fsp3) is 0.231. The number of carboxylic acid groups (broad SMARTS) is 1. The molecule has 0 aliphatic heterocycles. The first kappa shape index (κ1) is 14.7. The number of amides is 2. The van der Waals surface area contributed by atoms with Crippen LogP contribution in [0.15, 0.2) is 24.3 Å². The highest BCUT2D eigenvalue weighted by Gasteiger charge is 2.06. The molecule has 0 saturated carbocycles. The lowest BCUT2D eigenvalue weighted by atomic mass is 10.1. The van der Waals surface area contributed by atoms with E-state index in [0.29, 0.717) is 5.69 Å². The van der Waals surface area contributed by atoms with E-state index in [1.807, 2.05) is 13.8 Å². The molecule has 1 rings (SSSR count). The van der Waals surface area contributed by atoms with Gasteiger partial charge in [0.1, 0.15) is 5.82 Å². The van der Waals surface area contributed by atoms with E-state index in [-0.39, 0.29) is 11.6 Å². The van der Waals surface area contributed by atoms with Crippen LogP contribution < -0.4 is 10.6 Å². The molecule has 0 aliphatic carbocycles. The van der Waals surface area contributed by atoms with Gasteiger partial charge in [-0.2, -0.15) is 0 Å². The minimum absolute atomic E-state index is 0.0215. The Labute approximate surface area is 110 Å². The molecular formula is C13H15FN2O3. The van der Waals surface area contributed by atoms with Gasteiger partial charge in [0.05, 0.1) is 0 Å². The number of benzene rings is 1. The summed E-state index contributed by atoms with van der Waals surface area (Å²) in [5, 5.41) is 13.6. The first-order valence-corrected chi connectivity index (χ1v) is 5.66. The van der Waals surface area contributed by atoms with Crippen LogP contribution in [0.3, 0.4) is 0 Å². The van der Waals surface area contributed by atoms with Crippen molar-refractivity contribution in [2.75, 3.05) is 5.32 Å². The Hall–Kier alpha value is -2.37. The van der Waals surface area contributed by atoms with Crippen molar-refractivity contribution in [3.8, 4) is 0 Å². The van der Waals surface area contributed by atoms with Crippen LogP contribution >= 0.6 is 0 Å². The SMILES string of the molecule is CC(C)NC(=O)Nc1ccc(F)c(/C=C/C(=O)O)c1. The van der Waals surface area contributed by atoms with Gasteiger partial charge < -0.3 is 15.7 Å². The third-order valence-corrected chi connectivity index (χ3v) is 2.08. The Morgan fingerprint density at radius 3 is 2.63 bits per heavy atom. The van der Waals surface area contributed by atoms with Gasteiger partial charge in [-0.1, -0.05) is 0 Å². The first-order chi connectivity index (χ1) is 8.88. The van der Waals surface area contributed by atoms with Crippen molar-refractivity contribution in [1.29, 1.82) is 0 Å². The zero-order valence-electron chi connectivity index (χ0n) is 10.6. The molecule has 0 aliphatic rings. The third kappa shape index (κ3) is 5.20. The molecule has 0 saturated heterocycles. The lowest BCUT2D eigenvalue weighted by Crippen LogP contribution is -2.34. The maximum Gasteiger partial charge on any atom is 0.328 e. The largest absolute Gasteiger partial charge is 0.478 e. The van der Waals surface area contributed by atoms with E-state index < -0.39 is 17.8 Å². The lowest BCUT2D eigenvalue weighted by Gasteiger charge is -2.10. The highest BCUT2D eigenvalue weighted by molar-refractivity contribution is 5.90. The molecule has 2 amide bonds. The number of hydrogen-bond donors (Lipinski definition) is 3. The molecule has 0 atom stereocenters. The number of urea groups is 1. The fourth-order valence-corrected chi connectivity index (χ4v) is 1.34. The maximum atomic E-state index is 13.4. The smallest absolute Gasteiger partial charge is 0.328 e. The van der Waals surface area contributed by atoms with Gasteiger partial charge in [0.25, 0.3) is 0 Å². The van der Waals surface area contributed by atoms with Crippen LogP contribution in [-0.2, 0) is 4.79 Å². The van der Waals surface area contributed by atoms with Gasteiger partial charge in [0.2, 0.25) is 0 Å². The normalized spacial score (nSPS) is 10.7. The Morgan fingerprint density at radius 2 is 2.05 bits per heavy atom. The van der Waals surface area contributed by atoms with Crippen molar-refractivity contribution in [2.45, 2.75) is 19.9 Å². The first-order valence-electron chi connectivity index (χ1n) is 5.66. The summed E-state index contributed by atoms with van der Waals surface area (Å²) in [6, 6.07) is 3.48. The van der Waals surface area contributed by atoms with Gasteiger partial charge in [0, 0.05) is 23.4 Å². The second-order valence-electron chi connectivity index (χ2n) is 4.16. The van der Waals surface area contributed by atoms with E-state index in [0.717, 1.165) is 18.2 Å². The van der Waals surface area contributed by atoms with Crippen LogP contribution in [0.1, 0.15) is 19.4 Å². The number of anilines is 1. The van der Waals surface area contributed by atoms with Crippen LogP contribution in [0.2, 0.25) is 0 Å². The van der Waals surface area contributed by atoms with Crippen molar-refractivity contribution >= 4 is 23.8 Å². The quantitative estimate of drug-likeness (QED) is 0.732. The predicted octanol–water partition coefficient (Wildman–Crippen LogP) is 2.45. The predicted molar refractivity (Wildman–Crippen MR) is 70.4 cm³/mol. The molecule has 0 fully saturated rings. The molecule has 102 valence electrons. The summed E-state index contributed by atoms with van der Waals surface area (Å²) in [7, 11) is 0. The summed E-state index contributed by atoms with van der Waals surface area (Å²) in [4.78, 5) is 21.8. The number of hydrogen-bond acceptors (Lipinski definition) is 2. The Kier molecular flexibility index (Phi) is 5.05. The average molecular weight is 266 g/mol. The summed E-state index contributed by atoms with van der Waals surface area (Å²) in [6.07, 6.45) is 1.96. The standard InChI is InChI=1S/C13H15FN2O3/c1-8(2)15-13(19)16-10-4-5-11(14)9(7-10)3-6-12(17)18/h3-8H,1-2H3,(H,17,18)(H2,15,16,19)/b6-3+. The number of carbonyl (C=O) groups is 2. The Bertz CT molecular complexity index is 513. The topological polar surface area (TPSA) is 78.4 Å². The van der Waals surface area contributed by atoms with Crippen molar-refractivity contribution in [3.05, 3.63) is 35.7 Å². The molecule has 3 N–H and O–H groups in total. The fourth-order valence-electron chi connectivity index (χ4n) is 1.34. The Morgan fingerprint density at radius 1 is 1.37 bits per heavy atom. The van der Waals surface area contributed by atoms with Gasteiger partial charge in [-0.3, -0.25) is 0 Å². The molecule has 19 heavy (non-hydrogen) atoms. The molecule has 0 bridgehead atoms. The van der Waals surface area contributed by atoms with Gasteiger partial charge in [-0.25, -0.2) is 14.0 Å². The minimum atomic E-state index is -1.17. The molecule has 0 spiro atoms. The molecule has 5 nitrogen and oxygen atoms in total. The second-order valence-corrected chi connectivity index (χ2v) is 4.16. The van der Waals surface area contributed by atoms with Crippen molar-refractivity contribution in [3.63, 3.8) is 0 Å². The second kappa shape index (κ2) is 6.53. The number of carboxylic acids is 1. The highest BCUT2D eigenvalue weighted by atomic mass is 19.1. The van der Waals surface area contributed by atoms with E-state index in [1.54, 1.807) is 0 Å². The molecule has 0 aromatic heterocycles. The van der Waals surface area contributed by atoms with Crippen LogP contribution in [0.5, 0.6) is 0 Å². The lowest BCUT2D eigenvalue weighted by molar-refractivity contribution is -0.131. The summed E-state index contributed by atoms with van der Waals surface area (Å²) in [5.74, 6) is -1.73. The van der Waals surface area contributed by atoms with Gasteiger partial charge in [-0.15, -0.1) is 0 Å². The molecule has 1 aromatic rings. The highest BCUT2D eigenvalue weighted by Crippen LogP contribution is 2.16. The van der Waals surface area contributed by atoms with Crippen LogP contribution in [0.4, 0.5) is 14.9 Å². The molecule has 6 heteroatoms. The molecule has 1 aromatic carbocycles. The van der Waals surface area contributed by atoms with Crippen molar-refractivity contribution in [1.82, 2.24) is 5.32 Å². The van der Waals surface area contributed by atoms with E-state index >= 15 is 0 Å². The van der Waals surface area contributed by atoms with Crippen LogP contribution in [0.25, 0.3) is 6.08 Å². The number of rotatable bonds is 4. The molecular weight excluding hydrogens is 251 g/mol. The number of aliphatic carboxylic acids is 1. The van der Waals surface area contributed by atoms with Crippen LogP contribution in [-0.4, -0.2) is 23.1 Å². The third-order valence-electron chi connectivity index (χ3n) is 2.08. The Balaban J connectivity index is 2.84. The monoisotopic (exact) mass is 266 g/mol. The van der Waals surface area contributed by atoms with Crippen molar-refractivity contribution < 1.29 is 19.1 Å². The average Bonchev–Trinajstić information content (AvgIpc) is 2.28. The van der Waals surface area contributed by atoms with Gasteiger partial charge >= 0.3 is 12.0 Å². The van der Waals surface area contributed by atoms with E-state index in [4.69, 9.17) is 5.11 Å². The van der Waals surface area contributed by atoms with E-state index in [1.165, 1.54) is 12.1 Å². The zero-order chi connectivity index (χ0) is 14.4. The van der Waals surface area contributed by atoms with Gasteiger partial charge in [-0.05, 0) is 38.1 Å². The molecule has 0 unspecified atom stereocenters. The molecule has 0 heterocycles. The van der Waals surface area contributed by atoms with Gasteiger partial charge in [0.15, 0.2) is 0 Å². The van der Waals surface area contributed by atoms with E-state index in [9.17, 15) is 14.0 Å². The molecule has 0 radical (unpaired) electrons. The summed E-state index contributed by atoms with van der Waals surface area (Å²) < 4.78 is 13.4.